The van der Waals surface area contributed by atoms with Gasteiger partial charge in [0.15, 0.2) is 17.5 Å². The minimum absolute atomic E-state index is 0.172. The highest BCUT2D eigenvalue weighted by atomic mass is 31.2. The molecule has 3 aromatic carbocycles. The molecule has 7 rings (SSSR count). The Morgan fingerprint density at radius 1 is 0.919 bits per heavy atom. The standard InChI is InChI=1S/C26H18F4N5OP/c1-37(2,36)21-7-6-12(23(29)24(21)30)14-8-18-17(9-16(14)28)33-26-20-10-19(34(18)26)22-13(4-3-5-15(22)27)25-31-11-32-35(20)25/h3-9,11,19-20H,10H2,1-2H3/t19-,20-/m0/s1. The van der Waals surface area contributed by atoms with Gasteiger partial charge < -0.3 is 9.13 Å². The summed E-state index contributed by atoms with van der Waals surface area (Å²) < 4.78 is 76.5. The van der Waals surface area contributed by atoms with Crippen LogP contribution >= 0.6 is 7.14 Å². The number of aromatic nitrogens is 5. The lowest BCUT2D eigenvalue weighted by molar-refractivity contribution is 0.495. The summed E-state index contributed by atoms with van der Waals surface area (Å²) in [6.07, 6.45) is 1.86. The number of rotatable bonds is 2. The molecule has 37 heavy (non-hydrogen) atoms. The second-order valence-corrected chi connectivity index (χ2v) is 13.0. The van der Waals surface area contributed by atoms with E-state index < -0.39 is 36.5 Å². The number of imidazole rings is 1. The van der Waals surface area contributed by atoms with Crippen molar-refractivity contribution in [3.8, 4) is 22.5 Å². The molecule has 6 nitrogen and oxygen atoms in total. The van der Waals surface area contributed by atoms with E-state index in [0.29, 0.717) is 40.2 Å². The average Bonchev–Trinajstić information content (AvgIpc) is 3.51. The molecule has 2 bridgehead atoms. The van der Waals surface area contributed by atoms with Crippen LogP contribution in [-0.4, -0.2) is 37.6 Å². The number of benzene rings is 3. The molecule has 2 atom stereocenters. The highest BCUT2D eigenvalue weighted by Crippen LogP contribution is 2.50. The minimum atomic E-state index is -3.09. The van der Waals surface area contributed by atoms with Crippen LogP contribution in [0.1, 0.15) is 29.9 Å². The molecular weight excluding hydrogens is 505 g/mol. The Hall–Kier alpha value is -3.78. The number of fused-ring (bicyclic) bond motifs is 6. The fourth-order valence-electron chi connectivity index (χ4n) is 5.69. The maximum Gasteiger partial charge on any atom is 0.170 e. The molecule has 2 aliphatic heterocycles. The molecule has 0 N–H and O–H groups in total. The van der Waals surface area contributed by atoms with Gasteiger partial charge in [0.05, 0.1) is 22.4 Å². The fraction of sp³-hybridized carbons (Fsp3) is 0.192. The third-order valence-corrected chi connectivity index (χ3v) is 8.80. The van der Waals surface area contributed by atoms with Crippen molar-refractivity contribution in [2.75, 3.05) is 13.3 Å². The smallest absolute Gasteiger partial charge is 0.170 e. The van der Waals surface area contributed by atoms with E-state index >= 15 is 13.2 Å². The van der Waals surface area contributed by atoms with E-state index in [1.165, 1.54) is 50.0 Å². The molecule has 0 amide bonds. The van der Waals surface area contributed by atoms with Gasteiger partial charge in [-0.25, -0.2) is 32.2 Å². The Morgan fingerprint density at radius 2 is 1.73 bits per heavy atom. The van der Waals surface area contributed by atoms with Crippen LogP contribution in [0.25, 0.3) is 33.5 Å². The van der Waals surface area contributed by atoms with Gasteiger partial charge in [-0.1, -0.05) is 18.2 Å². The molecule has 0 saturated carbocycles. The van der Waals surface area contributed by atoms with Crippen molar-refractivity contribution in [2.24, 2.45) is 0 Å². The van der Waals surface area contributed by atoms with Gasteiger partial charge in [0.1, 0.15) is 37.0 Å². The van der Waals surface area contributed by atoms with Crippen LogP contribution in [0.5, 0.6) is 0 Å². The number of hydrogen-bond donors (Lipinski definition) is 0. The van der Waals surface area contributed by atoms with Crippen LogP contribution in [0.15, 0.2) is 48.8 Å². The summed E-state index contributed by atoms with van der Waals surface area (Å²) in [5, 5.41) is 4.13. The van der Waals surface area contributed by atoms with Crippen LogP contribution < -0.4 is 5.30 Å². The Kier molecular flexibility index (Phi) is 4.47. The molecule has 2 aliphatic rings. The van der Waals surface area contributed by atoms with Crippen molar-refractivity contribution < 1.29 is 22.1 Å². The second kappa shape index (κ2) is 7.38. The van der Waals surface area contributed by atoms with Crippen molar-refractivity contribution in [3.63, 3.8) is 0 Å². The first kappa shape index (κ1) is 22.4. The van der Waals surface area contributed by atoms with Crippen LogP contribution in [0.3, 0.4) is 0 Å². The van der Waals surface area contributed by atoms with E-state index in [4.69, 9.17) is 0 Å². The summed E-state index contributed by atoms with van der Waals surface area (Å²) in [6, 6.07) is 8.96. The molecule has 0 aliphatic carbocycles. The van der Waals surface area contributed by atoms with E-state index in [1.54, 1.807) is 16.8 Å². The van der Waals surface area contributed by atoms with Crippen molar-refractivity contribution in [3.05, 3.63) is 83.4 Å². The molecular formula is C26H18F4N5OP. The quantitative estimate of drug-likeness (QED) is 0.221. The van der Waals surface area contributed by atoms with Crippen LogP contribution in [0.4, 0.5) is 17.6 Å². The normalized spacial score (nSPS) is 18.0. The lowest BCUT2D eigenvalue weighted by atomic mass is 9.97. The Morgan fingerprint density at radius 3 is 2.51 bits per heavy atom. The van der Waals surface area contributed by atoms with Crippen LogP contribution in [0, 0.1) is 23.3 Å². The molecule has 2 aromatic heterocycles. The maximum atomic E-state index is 15.3. The molecule has 0 spiro atoms. The first-order valence-electron chi connectivity index (χ1n) is 11.6. The number of hydrogen-bond acceptors (Lipinski definition) is 4. The summed E-state index contributed by atoms with van der Waals surface area (Å²) in [7, 11) is -3.09. The topological polar surface area (TPSA) is 65.6 Å². The summed E-state index contributed by atoms with van der Waals surface area (Å²) in [6.45, 7) is 2.68. The van der Waals surface area contributed by atoms with Gasteiger partial charge in [-0.05, 0) is 31.5 Å². The fourth-order valence-corrected chi connectivity index (χ4v) is 6.69. The van der Waals surface area contributed by atoms with Gasteiger partial charge in [-0.2, -0.15) is 5.10 Å². The molecule has 11 heteroatoms. The highest BCUT2D eigenvalue weighted by molar-refractivity contribution is 7.70. The van der Waals surface area contributed by atoms with Gasteiger partial charge in [-0.15, -0.1) is 0 Å². The lowest BCUT2D eigenvalue weighted by Gasteiger charge is -2.19. The van der Waals surface area contributed by atoms with Gasteiger partial charge in [-0.3, -0.25) is 0 Å². The first-order valence-corrected chi connectivity index (χ1v) is 14.2. The minimum Gasteiger partial charge on any atom is -0.319 e. The summed E-state index contributed by atoms with van der Waals surface area (Å²) in [4.78, 5) is 8.99. The Bertz CT molecular complexity index is 1840. The second-order valence-electron chi connectivity index (χ2n) is 9.77. The molecule has 0 radical (unpaired) electrons. The van der Waals surface area contributed by atoms with Crippen LogP contribution in [-0.2, 0) is 4.57 Å². The zero-order chi connectivity index (χ0) is 25.8. The van der Waals surface area contributed by atoms with Crippen molar-refractivity contribution in [1.29, 1.82) is 0 Å². The van der Waals surface area contributed by atoms with Gasteiger partial charge in [0, 0.05) is 34.7 Å². The third-order valence-electron chi connectivity index (χ3n) is 7.29. The Labute approximate surface area is 208 Å². The molecule has 0 fully saturated rings. The summed E-state index contributed by atoms with van der Waals surface area (Å²) >= 11 is 0. The SMILES string of the molecule is CP(C)(=O)c1ccc(-c2cc3c(cc2F)nc2n3[C@H]3C[C@@H]2n2ncnc2-c2cccc(F)c23)c(F)c1F. The van der Waals surface area contributed by atoms with Gasteiger partial charge in [0.2, 0.25) is 0 Å². The van der Waals surface area contributed by atoms with Gasteiger partial charge in [0.25, 0.3) is 0 Å². The van der Waals surface area contributed by atoms with Crippen molar-refractivity contribution in [1.82, 2.24) is 24.3 Å². The van der Waals surface area contributed by atoms with Crippen molar-refractivity contribution in [2.45, 2.75) is 18.5 Å². The third kappa shape index (κ3) is 2.99. The predicted octanol–water partition coefficient (Wildman–Crippen LogP) is 5.66. The van der Waals surface area contributed by atoms with Crippen LogP contribution in [0.2, 0.25) is 0 Å². The largest absolute Gasteiger partial charge is 0.319 e. The lowest BCUT2D eigenvalue weighted by Crippen LogP contribution is -2.13. The molecule has 5 aromatic rings. The average molecular weight is 523 g/mol. The van der Waals surface area contributed by atoms with E-state index in [-0.39, 0.29) is 22.5 Å². The van der Waals surface area contributed by atoms with E-state index in [2.05, 4.69) is 15.1 Å². The Balaban J connectivity index is 1.49. The predicted molar refractivity (Wildman–Crippen MR) is 130 cm³/mol. The van der Waals surface area contributed by atoms with E-state index in [9.17, 15) is 8.96 Å². The van der Waals surface area contributed by atoms with E-state index in [1.807, 2.05) is 4.57 Å². The van der Waals surface area contributed by atoms with Crippen molar-refractivity contribution >= 4 is 23.5 Å². The summed E-state index contributed by atoms with van der Waals surface area (Å²) in [5.41, 5.74) is 1.31. The number of halogens is 4. The zero-order valence-corrected chi connectivity index (χ0v) is 20.5. The molecule has 0 unspecified atom stereocenters. The summed E-state index contributed by atoms with van der Waals surface area (Å²) in [5.74, 6) is -2.67. The molecule has 4 heterocycles. The molecule has 186 valence electrons. The monoisotopic (exact) mass is 523 g/mol. The zero-order valence-electron chi connectivity index (χ0n) is 19.6. The van der Waals surface area contributed by atoms with Gasteiger partial charge >= 0.3 is 0 Å². The first-order chi connectivity index (χ1) is 17.6. The highest BCUT2D eigenvalue weighted by Gasteiger charge is 2.43. The molecule has 0 saturated heterocycles. The maximum absolute atomic E-state index is 15.3. The number of nitrogens with zero attached hydrogens (tertiary/aromatic N) is 5. The van der Waals surface area contributed by atoms with E-state index in [0.717, 1.165) is 0 Å².